The highest BCUT2D eigenvalue weighted by molar-refractivity contribution is 7.99. The molecular weight excluding hydrogens is 462 g/mol. The molecule has 2 N–H and O–H groups in total. The quantitative estimate of drug-likeness (QED) is 0.207. The predicted molar refractivity (Wildman–Crippen MR) is 128 cm³/mol. The van der Waals surface area contributed by atoms with E-state index in [1.807, 2.05) is 0 Å². The van der Waals surface area contributed by atoms with Crippen LogP contribution in [0.2, 0.25) is 0 Å². The summed E-state index contributed by atoms with van der Waals surface area (Å²) in [5.74, 6) is -1.33. The van der Waals surface area contributed by atoms with E-state index in [1.54, 1.807) is 26.8 Å². The van der Waals surface area contributed by atoms with Gasteiger partial charge in [0.15, 0.2) is 0 Å². The van der Waals surface area contributed by atoms with Crippen molar-refractivity contribution in [2.45, 2.75) is 33.6 Å². The summed E-state index contributed by atoms with van der Waals surface area (Å²) >= 11 is 1.48. The van der Waals surface area contributed by atoms with Gasteiger partial charge in [0.2, 0.25) is 5.91 Å². The summed E-state index contributed by atoms with van der Waals surface area (Å²) in [6.07, 6.45) is 0. The molecule has 0 spiro atoms. The van der Waals surface area contributed by atoms with Gasteiger partial charge in [-0.3, -0.25) is 14.9 Å². The Morgan fingerprint density at radius 2 is 1.79 bits per heavy atom. The maximum absolute atomic E-state index is 13.1. The molecule has 2 rings (SSSR count). The van der Waals surface area contributed by atoms with Crippen molar-refractivity contribution in [2.24, 2.45) is 0 Å². The second kappa shape index (κ2) is 12.8. The highest BCUT2D eigenvalue weighted by atomic mass is 32.2. The molecule has 1 aromatic rings. The van der Waals surface area contributed by atoms with Crippen molar-refractivity contribution in [2.75, 3.05) is 31.3 Å². The Kier molecular flexibility index (Phi) is 10.1. The van der Waals surface area contributed by atoms with Gasteiger partial charge < -0.3 is 20.1 Å². The van der Waals surface area contributed by atoms with Gasteiger partial charge in [0, 0.05) is 48.5 Å². The molecule has 10 nitrogen and oxygen atoms in total. The van der Waals surface area contributed by atoms with E-state index in [1.165, 1.54) is 36.9 Å². The Labute approximate surface area is 202 Å². The number of allylic oxidation sites excluding steroid dienone is 1. The van der Waals surface area contributed by atoms with Crippen LogP contribution in [-0.2, 0) is 23.9 Å². The lowest BCUT2D eigenvalue weighted by atomic mass is 9.80. The molecule has 34 heavy (non-hydrogen) atoms. The smallest absolute Gasteiger partial charge is 0.336 e. The second-order valence-corrected chi connectivity index (χ2v) is 8.42. The Morgan fingerprint density at radius 1 is 1.15 bits per heavy atom. The number of nitrogens with one attached hydrogen (secondary N) is 2. The van der Waals surface area contributed by atoms with Crippen LogP contribution >= 0.6 is 11.8 Å². The monoisotopic (exact) mass is 491 g/mol. The van der Waals surface area contributed by atoms with Crippen LogP contribution < -0.4 is 10.6 Å². The molecule has 0 saturated heterocycles. The molecule has 0 saturated carbocycles. The number of dihydropyridines is 1. The lowest BCUT2D eigenvalue weighted by Crippen LogP contribution is -2.34. The summed E-state index contributed by atoms with van der Waals surface area (Å²) in [4.78, 5) is 48.0. The van der Waals surface area contributed by atoms with Crippen molar-refractivity contribution >= 4 is 35.3 Å². The number of nitro benzene ring substituents is 1. The molecule has 0 radical (unpaired) electrons. The van der Waals surface area contributed by atoms with Gasteiger partial charge in [0.05, 0.1) is 35.2 Å². The topological polar surface area (TPSA) is 137 Å². The number of hydrogen-bond acceptors (Lipinski definition) is 9. The number of nitro groups is 1. The highest BCUT2D eigenvalue weighted by Gasteiger charge is 2.39. The Morgan fingerprint density at radius 3 is 2.38 bits per heavy atom. The summed E-state index contributed by atoms with van der Waals surface area (Å²) in [5.41, 5.74) is 1.66. The molecule has 11 heteroatoms. The Hall–Kier alpha value is -3.34. The minimum atomic E-state index is -0.912. The van der Waals surface area contributed by atoms with Crippen LogP contribution in [0.15, 0.2) is 46.8 Å². The van der Waals surface area contributed by atoms with E-state index >= 15 is 0 Å². The number of carbonyl (C=O) groups excluding carboxylic acids is 3. The van der Waals surface area contributed by atoms with Crippen molar-refractivity contribution in [3.05, 3.63) is 62.5 Å². The average Bonchev–Trinajstić information content (AvgIpc) is 2.78. The molecule has 0 aromatic heterocycles. The maximum atomic E-state index is 13.1. The number of thioether (sulfide) groups is 1. The molecule has 0 bridgehead atoms. The van der Waals surface area contributed by atoms with E-state index in [0.717, 1.165) is 0 Å². The minimum absolute atomic E-state index is 0.115. The number of non-ortho nitro benzene ring substituents is 1. The lowest BCUT2D eigenvalue weighted by molar-refractivity contribution is -0.384. The first-order valence-corrected chi connectivity index (χ1v) is 12.0. The third-order valence-electron chi connectivity index (χ3n) is 4.92. The van der Waals surface area contributed by atoms with Crippen LogP contribution in [0.5, 0.6) is 0 Å². The first kappa shape index (κ1) is 26.9. The molecule has 0 aliphatic carbocycles. The van der Waals surface area contributed by atoms with Gasteiger partial charge >= 0.3 is 11.9 Å². The number of amides is 1. The van der Waals surface area contributed by atoms with E-state index in [4.69, 9.17) is 9.47 Å². The minimum Gasteiger partial charge on any atom is -0.463 e. The summed E-state index contributed by atoms with van der Waals surface area (Å²) in [5, 5.41) is 17.3. The van der Waals surface area contributed by atoms with Crippen molar-refractivity contribution in [1.82, 2.24) is 10.6 Å². The van der Waals surface area contributed by atoms with Crippen molar-refractivity contribution in [1.29, 1.82) is 0 Å². The zero-order chi connectivity index (χ0) is 25.3. The normalized spacial score (nSPS) is 15.5. The van der Waals surface area contributed by atoms with E-state index in [0.29, 0.717) is 35.0 Å². The molecular formula is C23H29N3O7S. The zero-order valence-corrected chi connectivity index (χ0v) is 20.5. The second-order valence-electron chi connectivity index (χ2n) is 7.32. The zero-order valence-electron chi connectivity index (χ0n) is 19.6. The number of hydrogen-bond donors (Lipinski definition) is 2. The van der Waals surface area contributed by atoms with Crippen LogP contribution in [0, 0.1) is 10.1 Å². The largest absolute Gasteiger partial charge is 0.463 e. The maximum Gasteiger partial charge on any atom is 0.336 e. The summed E-state index contributed by atoms with van der Waals surface area (Å²) < 4.78 is 10.6. The predicted octanol–water partition coefficient (Wildman–Crippen LogP) is 2.81. The van der Waals surface area contributed by atoms with Gasteiger partial charge in [0.25, 0.3) is 5.69 Å². The summed E-state index contributed by atoms with van der Waals surface area (Å²) in [6.45, 7) is 7.17. The standard InChI is InChI=1S/C23H29N3O7S/c1-5-32-22(28)19-14(3)25-18(13-34-11-10-24-15(4)27)21(23(29)33-6-2)20(19)16-8-7-9-17(12-16)26(30)31/h7-9,12,20,25H,5-6,10-11,13H2,1-4H3,(H,24,27). The molecule has 1 aromatic carbocycles. The molecule has 1 aliphatic rings. The molecule has 1 heterocycles. The first-order chi connectivity index (χ1) is 16.2. The number of nitrogens with zero attached hydrogens (tertiary/aromatic N) is 1. The first-order valence-electron chi connectivity index (χ1n) is 10.8. The van der Waals surface area contributed by atoms with E-state index in [2.05, 4.69) is 10.6 Å². The molecule has 1 aliphatic heterocycles. The summed E-state index contributed by atoms with van der Waals surface area (Å²) in [7, 11) is 0. The molecule has 1 amide bonds. The molecule has 184 valence electrons. The number of esters is 2. The van der Waals surface area contributed by atoms with Crippen LogP contribution in [-0.4, -0.2) is 54.0 Å². The Balaban J connectivity index is 2.58. The third-order valence-corrected chi connectivity index (χ3v) is 5.90. The average molecular weight is 492 g/mol. The van der Waals surface area contributed by atoms with Crippen molar-refractivity contribution in [3.63, 3.8) is 0 Å². The number of ether oxygens (including phenoxy) is 2. The Bertz CT molecular complexity index is 1020. The van der Waals surface area contributed by atoms with Crippen LogP contribution in [0.1, 0.15) is 39.2 Å². The SMILES string of the molecule is CCOC(=O)C1=C(C)NC(CSCCNC(C)=O)=C(C(=O)OCC)C1c1cccc([N+](=O)[O-])c1. The van der Waals surface area contributed by atoms with Gasteiger partial charge in [-0.15, -0.1) is 0 Å². The van der Waals surface area contributed by atoms with Gasteiger partial charge in [-0.25, -0.2) is 9.59 Å². The number of rotatable bonds is 11. The van der Waals surface area contributed by atoms with Crippen LogP contribution in [0.25, 0.3) is 0 Å². The van der Waals surface area contributed by atoms with Crippen LogP contribution in [0.3, 0.4) is 0 Å². The fraction of sp³-hybridized carbons (Fsp3) is 0.435. The van der Waals surface area contributed by atoms with Gasteiger partial charge in [0.1, 0.15) is 0 Å². The number of carbonyl (C=O) groups is 3. The van der Waals surface area contributed by atoms with Crippen molar-refractivity contribution < 1.29 is 28.8 Å². The van der Waals surface area contributed by atoms with Gasteiger partial charge in [-0.05, 0) is 26.3 Å². The number of benzene rings is 1. The lowest BCUT2D eigenvalue weighted by Gasteiger charge is -2.31. The summed E-state index contributed by atoms with van der Waals surface area (Å²) in [6, 6.07) is 5.84. The molecule has 1 unspecified atom stereocenters. The fourth-order valence-corrected chi connectivity index (χ4v) is 4.39. The van der Waals surface area contributed by atoms with E-state index in [9.17, 15) is 24.5 Å². The molecule has 0 fully saturated rings. The van der Waals surface area contributed by atoms with E-state index in [-0.39, 0.29) is 36.0 Å². The van der Waals surface area contributed by atoms with Crippen molar-refractivity contribution in [3.8, 4) is 0 Å². The van der Waals surface area contributed by atoms with E-state index < -0.39 is 22.8 Å². The highest BCUT2D eigenvalue weighted by Crippen LogP contribution is 2.40. The fourth-order valence-electron chi connectivity index (χ4n) is 3.56. The van der Waals surface area contributed by atoms with Gasteiger partial charge in [-0.2, -0.15) is 11.8 Å². The molecule has 1 atom stereocenters. The van der Waals surface area contributed by atoms with Gasteiger partial charge in [-0.1, -0.05) is 12.1 Å². The van der Waals surface area contributed by atoms with Crippen LogP contribution in [0.4, 0.5) is 5.69 Å². The third kappa shape index (κ3) is 6.83.